The molecular formula is C24H35N5O6. The lowest BCUT2D eigenvalue weighted by Crippen LogP contribution is -2.52. The summed E-state index contributed by atoms with van der Waals surface area (Å²) in [7, 11) is 0. The fourth-order valence-electron chi connectivity index (χ4n) is 3.05. The lowest BCUT2D eigenvalue weighted by atomic mass is 10.1. The number of carboxylic acids is 1. The van der Waals surface area contributed by atoms with Crippen molar-refractivity contribution < 1.29 is 29.1 Å². The van der Waals surface area contributed by atoms with E-state index in [9.17, 15) is 29.1 Å². The second kappa shape index (κ2) is 15.2. The molecule has 3 atom stereocenters. The summed E-state index contributed by atoms with van der Waals surface area (Å²) in [6.45, 7) is 3.81. The van der Waals surface area contributed by atoms with Gasteiger partial charge in [0.2, 0.25) is 23.6 Å². The summed E-state index contributed by atoms with van der Waals surface area (Å²) in [6, 6.07) is 4.29. The van der Waals surface area contributed by atoms with Gasteiger partial charge in [0, 0.05) is 12.5 Å². The van der Waals surface area contributed by atoms with Crippen LogP contribution in [0.2, 0.25) is 0 Å². The summed E-state index contributed by atoms with van der Waals surface area (Å²) < 4.78 is 0. The Morgan fingerprint density at radius 3 is 2.20 bits per heavy atom. The Balaban J connectivity index is 2.56. The topological polar surface area (TPSA) is 194 Å². The zero-order valence-corrected chi connectivity index (χ0v) is 20.1. The normalized spacial score (nSPS) is 13.5. The van der Waals surface area contributed by atoms with Crippen LogP contribution >= 0.6 is 0 Å². The first-order valence-corrected chi connectivity index (χ1v) is 11.4. The monoisotopic (exact) mass is 489 g/mol. The molecule has 0 bridgehead atoms. The molecule has 0 aromatic heterocycles. The van der Waals surface area contributed by atoms with Gasteiger partial charge in [-0.25, -0.2) is 4.79 Å². The van der Waals surface area contributed by atoms with E-state index in [2.05, 4.69) is 16.0 Å². The number of hydrogen-bond donors (Lipinski definition) is 6. The SMILES string of the molecule is Cc1ccc(C=CC(=O)NC(C)C(=O)NC(CCC(=O)NC(CCCCN)C(=O)O)C(N)=O)cc1. The number of nitrogens with one attached hydrogen (secondary N) is 3. The van der Waals surface area contributed by atoms with E-state index < -0.39 is 47.7 Å². The maximum atomic E-state index is 12.4. The molecule has 35 heavy (non-hydrogen) atoms. The fraction of sp³-hybridized carbons (Fsp3) is 0.458. The smallest absolute Gasteiger partial charge is 0.326 e. The average molecular weight is 490 g/mol. The van der Waals surface area contributed by atoms with Crippen LogP contribution in [0.15, 0.2) is 30.3 Å². The van der Waals surface area contributed by atoms with Crippen molar-refractivity contribution in [2.75, 3.05) is 6.54 Å². The minimum atomic E-state index is -1.17. The second-order valence-corrected chi connectivity index (χ2v) is 8.22. The number of carbonyl (C=O) groups is 5. The maximum Gasteiger partial charge on any atom is 0.326 e. The van der Waals surface area contributed by atoms with E-state index in [1.807, 2.05) is 31.2 Å². The molecule has 0 aliphatic carbocycles. The summed E-state index contributed by atoms with van der Waals surface area (Å²) in [6.07, 6.45) is 3.93. The Morgan fingerprint density at radius 1 is 0.971 bits per heavy atom. The standard InChI is InChI=1S/C24H35N5O6/c1-15-6-8-17(9-7-15)10-12-20(30)27-16(2)23(33)29-18(22(26)32)11-13-21(31)28-19(24(34)35)5-3-4-14-25/h6-10,12,16,18-19H,3-5,11,13-14,25H2,1-2H3,(H2,26,32)(H,27,30)(H,28,31)(H,29,33)(H,34,35). The molecule has 0 spiro atoms. The number of carbonyl (C=O) groups excluding carboxylic acids is 4. The van der Waals surface area contributed by atoms with Crippen LogP contribution in [-0.2, 0) is 24.0 Å². The first-order valence-electron chi connectivity index (χ1n) is 11.4. The molecule has 8 N–H and O–H groups in total. The Hall–Kier alpha value is -3.73. The molecule has 0 aliphatic rings. The van der Waals surface area contributed by atoms with E-state index in [1.54, 1.807) is 6.08 Å². The van der Waals surface area contributed by atoms with E-state index in [4.69, 9.17) is 11.5 Å². The second-order valence-electron chi connectivity index (χ2n) is 8.22. The number of nitrogens with two attached hydrogens (primary N) is 2. The predicted octanol–water partition coefficient (Wildman–Crippen LogP) is -0.0384. The third kappa shape index (κ3) is 11.8. The summed E-state index contributed by atoms with van der Waals surface area (Å²) in [5.74, 6) is -3.78. The molecule has 11 heteroatoms. The number of benzene rings is 1. The van der Waals surface area contributed by atoms with Crippen molar-refractivity contribution in [1.29, 1.82) is 0 Å². The average Bonchev–Trinajstić information content (AvgIpc) is 2.80. The van der Waals surface area contributed by atoms with E-state index in [1.165, 1.54) is 13.0 Å². The number of aryl methyl sites for hydroxylation is 1. The highest BCUT2D eigenvalue weighted by atomic mass is 16.4. The highest BCUT2D eigenvalue weighted by Gasteiger charge is 2.24. The van der Waals surface area contributed by atoms with Gasteiger partial charge in [0.25, 0.3) is 0 Å². The van der Waals surface area contributed by atoms with Gasteiger partial charge in [-0.3, -0.25) is 19.2 Å². The van der Waals surface area contributed by atoms with Crippen molar-refractivity contribution >= 4 is 35.7 Å². The molecule has 3 unspecified atom stereocenters. The maximum absolute atomic E-state index is 12.4. The Kier molecular flexibility index (Phi) is 12.7. The van der Waals surface area contributed by atoms with Crippen LogP contribution in [-0.4, -0.2) is 59.4 Å². The summed E-state index contributed by atoms with van der Waals surface area (Å²) in [4.78, 5) is 59.7. The molecule has 1 aromatic carbocycles. The Morgan fingerprint density at radius 2 is 1.63 bits per heavy atom. The molecule has 0 radical (unpaired) electrons. The van der Waals surface area contributed by atoms with E-state index in [-0.39, 0.29) is 19.3 Å². The van der Waals surface area contributed by atoms with Crippen LogP contribution in [0.5, 0.6) is 0 Å². The lowest BCUT2D eigenvalue weighted by Gasteiger charge is -2.19. The van der Waals surface area contributed by atoms with Crippen molar-refractivity contribution in [2.45, 2.75) is 64.1 Å². The van der Waals surface area contributed by atoms with Crippen LogP contribution in [0.1, 0.15) is 50.2 Å². The van der Waals surface area contributed by atoms with Crippen molar-refractivity contribution in [2.24, 2.45) is 11.5 Å². The van der Waals surface area contributed by atoms with Gasteiger partial charge < -0.3 is 32.5 Å². The number of amides is 4. The zero-order valence-electron chi connectivity index (χ0n) is 20.1. The largest absolute Gasteiger partial charge is 0.480 e. The molecule has 1 aromatic rings. The van der Waals surface area contributed by atoms with Crippen LogP contribution in [0.4, 0.5) is 0 Å². The molecule has 0 saturated carbocycles. The summed E-state index contributed by atoms with van der Waals surface area (Å²) >= 11 is 0. The van der Waals surface area contributed by atoms with Gasteiger partial charge in [-0.15, -0.1) is 0 Å². The number of carboxylic acid groups (broad SMARTS) is 1. The number of primary amides is 1. The highest BCUT2D eigenvalue weighted by molar-refractivity contribution is 5.96. The third-order valence-corrected chi connectivity index (χ3v) is 5.16. The third-order valence-electron chi connectivity index (χ3n) is 5.16. The first-order chi connectivity index (χ1) is 16.5. The number of hydrogen-bond acceptors (Lipinski definition) is 6. The predicted molar refractivity (Wildman–Crippen MR) is 131 cm³/mol. The summed E-state index contributed by atoms with van der Waals surface area (Å²) in [5.41, 5.74) is 12.6. The van der Waals surface area contributed by atoms with Gasteiger partial charge in [0.05, 0.1) is 0 Å². The van der Waals surface area contributed by atoms with Gasteiger partial charge in [0.1, 0.15) is 18.1 Å². The van der Waals surface area contributed by atoms with Gasteiger partial charge >= 0.3 is 5.97 Å². The highest BCUT2D eigenvalue weighted by Crippen LogP contribution is 2.06. The number of unbranched alkanes of at least 4 members (excludes halogenated alkanes) is 1. The molecular weight excluding hydrogens is 454 g/mol. The van der Waals surface area contributed by atoms with Crippen LogP contribution in [0, 0.1) is 6.92 Å². The van der Waals surface area contributed by atoms with Gasteiger partial charge in [0.15, 0.2) is 0 Å². The molecule has 0 fully saturated rings. The van der Waals surface area contributed by atoms with Gasteiger partial charge in [-0.05, 0) is 57.7 Å². The van der Waals surface area contributed by atoms with E-state index in [0.717, 1.165) is 11.1 Å². The minimum absolute atomic E-state index is 0.129. The lowest BCUT2D eigenvalue weighted by molar-refractivity contribution is -0.142. The van der Waals surface area contributed by atoms with Crippen molar-refractivity contribution in [3.05, 3.63) is 41.5 Å². The fourth-order valence-corrected chi connectivity index (χ4v) is 3.05. The molecule has 0 saturated heterocycles. The molecule has 0 aliphatic heterocycles. The zero-order chi connectivity index (χ0) is 26.4. The minimum Gasteiger partial charge on any atom is -0.480 e. The van der Waals surface area contributed by atoms with Crippen LogP contribution in [0.3, 0.4) is 0 Å². The van der Waals surface area contributed by atoms with E-state index in [0.29, 0.717) is 19.4 Å². The van der Waals surface area contributed by atoms with Gasteiger partial charge in [-0.1, -0.05) is 29.8 Å². The quantitative estimate of drug-likeness (QED) is 0.147. The van der Waals surface area contributed by atoms with Crippen LogP contribution in [0.25, 0.3) is 6.08 Å². The number of rotatable bonds is 15. The molecule has 11 nitrogen and oxygen atoms in total. The molecule has 1 rings (SSSR count). The Bertz CT molecular complexity index is 915. The number of aliphatic carboxylic acids is 1. The Labute approximate surface area is 204 Å². The molecule has 0 heterocycles. The molecule has 4 amide bonds. The van der Waals surface area contributed by atoms with Crippen molar-refractivity contribution in [3.63, 3.8) is 0 Å². The first kappa shape index (κ1) is 29.3. The van der Waals surface area contributed by atoms with Gasteiger partial charge in [-0.2, -0.15) is 0 Å². The van der Waals surface area contributed by atoms with Crippen molar-refractivity contribution in [3.8, 4) is 0 Å². The van der Waals surface area contributed by atoms with Crippen LogP contribution < -0.4 is 27.4 Å². The van der Waals surface area contributed by atoms with E-state index >= 15 is 0 Å². The van der Waals surface area contributed by atoms with Crippen molar-refractivity contribution in [1.82, 2.24) is 16.0 Å². The molecule has 192 valence electrons. The summed E-state index contributed by atoms with van der Waals surface area (Å²) in [5, 5.41) is 16.5.